The molecule has 6 nitrogen and oxygen atoms in total. The van der Waals surface area contributed by atoms with Gasteiger partial charge in [-0.1, -0.05) is 12.1 Å². The zero-order chi connectivity index (χ0) is 18.8. The van der Waals surface area contributed by atoms with E-state index in [1.807, 2.05) is 23.6 Å². The van der Waals surface area contributed by atoms with E-state index in [4.69, 9.17) is 9.47 Å². The number of nitrogens with zero attached hydrogens (tertiary/aromatic N) is 2. The first-order chi connectivity index (χ1) is 13.2. The van der Waals surface area contributed by atoms with Gasteiger partial charge in [-0.15, -0.1) is 17.9 Å². The van der Waals surface area contributed by atoms with E-state index in [0.29, 0.717) is 31.1 Å². The van der Waals surface area contributed by atoms with Gasteiger partial charge in [0.1, 0.15) is 0 Å². The molecular formula is C20H20N2O4S. The van der Waals surface area contributed by atoms with Crippen molar-refractivity contribution in [1.82, 2.24) is 4.90 Å². The number of carbonyl (C=O) groups is 2. The number of anilines is 1. The third-order valence-corrected chi connectivity index (χ3v) is 5.59. The Balaban J connectivity index is 1.48. The molecule has 0 spiro atoms. The van der Waals surface area contributed by atoms with Gasteiger partial charge in [0, 0.05) is 36.1 Å². The maximum atomic E-state index is 13.0. The van der Waals surface area contributed by atoms with Crippen molar-refractivity contribution < 1.29 is 19.1 Å². The van der Waals surface area contributed by atoms with Gasteiger partial charge >= 0.3 is 0 Å². The molecule has 2 aromatic rings. The zero-order valence-corrected chi connectivity index (χ0v) is 15.6. The molecule has 1 fully saturated rings. The number of rotatable bonds is 6. The second-order valence-electron chi connectivity index (χ2n) is 6.53. The highest BCUT2D eigenvalue weighted by Crippen LogP contribution is 2.37. The Bertz CT molecular complexity index is 865. The number of benzene rings is 1. The smallest absolute Gasteiger partial charge is 0.231 e. The van der Waals surface area contributed by atoms with Gasteiger partial charge in [0.2, 0.25) is 18.6 Å². The van der Waals surface area contributed by atoms with Crippen LogP contribution in [0.25, 0.3) is 0 Å². The summed E-state index contributed by atoms with van der Waals surface area (Å²) in [4.78, 5) is 30.1. The Morgan fingerprint density at radius 2 is 2.19 bits per heavy atom. The Labute approximate surface area is 161 Å². The molecule has 3 heterocycles. The summed E-state index contributed by atoms with van der Waals surface area (Å²) in [5.74, 6) is 0.872. The average Bonchev–Trinajstić information content (AvgIpc) is 3.40. The average molecular weight is 384 g/mol. The third kappa shape index (κ3) is 3.55. The summed E-state index contributed by atoms with van der Waals surface area (Å²) in [6, 6.07) is 9.39. The molecule has 140 valence electrons. The second-order valence-corrected chi connectivity index (χ2v) is 7.56. The molecule has 7 heteroatoms. The molecule has 0 saturated carbocycles. The van der Waals surface area contributed by atoms with Crippen LogP contribution in [0.4, 0.5) is 5.69 Å². The van der Waals surface area contributed by atoms with Crippen LogP contribution in [0.2, 0.25) is 0 Å². The number of fused-ring (bicyclic) bond motifs is 1. The summed E-state index contributed by atoms with van der Waals surface area (Å²) in [6.07, 6.45) is 1.93. The van der Waals surface area contributed by atoms with E-state index in [1.165, 1.54) is 0 Å². The van der Waals surface area contributed by atoms with E-state index in [9.17, 15) is 9.59 Å². The minimum Gasteiger partial charge on any atom is -0.454 e. The third-order valence-electron chi connectivity index (χ3n) is 4.73. The van der Waals surface area contributed by atoms with Crippen molar-refractivity contribution in [3.8, 4) is 11.5 Å². The maximum absolute atomic E-state index is 13.0. The van der Waals surface area contributed by atoms with E-state index in [2.05, 4.69) is 6.58 Å². The van der Waals surface area contributed by atoms with Crippen LogP contribution in [-0.4, -0.2) is 36.6 Å². The predicted octanol–water partition coefficient (Wildman–Crippen LogP) is 3.04. The number of hydrogen-bond acceptors (Lipinski definition) is 5. The summed E-state index contributed by atoms with van der Waals surface area (Å²) in [6.45, 7) is 5.32. The number of thiophene rings is 1. The standard InChI is InChI=1S/C20H20N2O4S/c1-2-7-21(12-16-4-3-8-27-16)20(24)14-9-19(23)22(11-14)15-5-6-17-18(10-15)26-13-25-17/h2-6,8,10,14H,1,7,9,11-13H2. The fourth-order valence-corrected chi connectivity index (χ4v) is 4.13. The molecule has 1 unspecified atom stereocenters. The molecule has 0 N–H and O–H groups in total. The maximum Gasteiger partial charge on any atom is 0.231 e. The minimum atomic E-state index is -0.358. The lowest BCUT2D eigenvalue weighted by Crippen LogP contribution is -2.37. The number of ether oxygens (including phenoxy) is 2. The normalized spacial score (nSPS) is 18.0. The summed E-state index contributed by atoms with van der Waals surface area (Å²) in [7, 11) is 0. The van der Waals surface area contributed by atoms with Crippen molar-refractivity contribution >= 4 is 28.8 Å². The highest BCUT2D eigenvalue weighted by atomic mass is 32.1. The molecule has 1 aromatic heterocycles. The number of hydrogen-bond donors (Lipinski definition) is 0. The van der Waals surface area contributed by atoms with Crippen LogP contribution in [0.1, 0.15) is 11.3 Å². The van der Waals surface area contributed by atoms with Gasteiger partial charge in [-0.05, 0) is 23.6 Å². The van der Waals surface area contributed by atoms with Gasteiger partial charge in [-0.3, -0.25) is 9.59 Å². The van der Waals surface area contributed by atoms with Crippen molar-refractivity contribution in [2.24, 2.45) is 5.92 Å². The van der Waals surface area contributed by atoms with E-state index in [1.54, 1.807) is 39.3 Å². The summed E-state index contributed by atoms with van der Waals surface area (Å²) >= 11 is 1.62. The van der Waals surface area contributed by atoms with Crippen LogP contribution in [0.15, 0.2) is 48.4 Å². The van der Waals surface area contributed by atoms with Gasteiger partial charge in [-0.25, -0.2) is 0 Å². The molecule has 1 atom stereocenters. The SMILES string of the molecule is C=CCN(Cc1cccs1)C(=O)C1CC(=O)N(c2ccc3c(c2)OCO3)C1. The van der Waals surface area contributed by atoms with E-state index in [0.717, 1.165) is 10.6 Å². The molecule has 0 radical (unpaired) electrons. The number of amides is 2. The van der Waals surface area contributed by atoms with Crippen molar-refractivity contribution in [2.75, 3.05) is 24.8 Å². The van der Waals surface area contributed by atoms with Crippen LogP contribution in [0.5, 0.6) is 11.5 Å². The van der Waals surface area contributed by atoms with E-state index < -0.39 is 0 Å². The lowest BCUT2D eigenvalue weighted by atomic mass is 10.1. The number of carbonyl (C=O) groups excluding carboxylic acids is 2. The monoisotopic (exact) mass is 384 g/mol. The Morgan fingerprint density at radius 1 is 1.33 bits per heavy atom. The van der Waals surface area contributed by atoms with Gasteiger partial charge in [-0.2, -0.15) is 0 Å². The molecule has 0 aliphatic carbocycles. The van der Waals surface area contributed by atoms with E-state index >= 15 is 0 Å². The highest BCUT2D eigenvalue weighted by Gasteiger charge is 2.37. The molecule has 1 saturated heterocycles. The second kappa shape index (κ2) is 7.44. The Hall–Kier alpha value is -2.80. The molecule has 2 amide bonds. The van der Waals surface area contributed by atoms with Crippen LogP contribution >= 0.6 is 11.3 Å². The van der Waals surface area contributed by atoms with Crippen molar-refractivity contribution in [3.05, 3.63) is 53.2 Å². The van der Waals surface area contributed by atoms with Crippen molar-refractivity contribution in [2.45, 2.75) is 13.0 Å². The largest absolute Gasteiger partial charge is 0.454 e. The molecule has 27 heavy (non-hydrogen) atoms. The van der Waals surface area contributed by atoms with Crippen LogP contribution < -0.4 is 14.4 Å². The van der Waals surface area contributed by atoms with Gasteiger partial charge in [0.25, 0.3) is 0 Å². The fourth-order valence-electron chi connectivity index (χ4n) is 3.41. The quantitative estimate of drug-likeness (QED) is 0.719. The van der Waals surface area contributed by atoms with Crippen molar-refractivity contribution in [1.29, 1.82) is 0 Å². The Morgan fingerprint density at radius 3 is 2.96 bits per heavy atom. The fraction of sp³-hybridized carbons (Fsp3) is 0.300. The zero-order valence-electron chi connectivity index (χ0n) is 14.8. The highest BCUT2D eigenvalue weighted by molar-refractivity contribution is 7.09. The van der Waals surface area contributed by atoms with Gasteiger partial charge < -0.3 is 19.3 Å². The van der Waals surface area contributed by atoms with Crippen molar-refractivity contribution in [3.63, 3.8) is 0 Å². The van der Waals surface area contributed by atoms with E-state index in [-0.39, 0.29) is 30.9 Å². The topological polar surface area (TPSA) is 59.1 Å². The van der Waals surface area contributed by atoms with Gasteiger partial charge in [0.05, 0.1) is 12.5 Å². The summed E-state index contributed by atoms with van der Waals surface area (Å²) in [5.41, 5.74) is 0.730. The predicted molar refractivity (Wildman–Crippen MR) is 103 cm³/mol. The molecule has 1 aromatic carbocycles. The van der Waals surface area contributed by atoms with Crippen LogP contribution in [0, 0.1) is 5.92 Å². The van der Waals surface area contributed by atoms with Gasteiger partial charge in [0.15, 0.2) is 11.5 Å². The summed E-state index contributed by atoms with van der Waals surface area (Å²) < 4.78 is 10.7. The molecule has 0 bridgehead atoms. The summed E-state index contributed by atoms with van der Waals surface area (Å²) in [5, 5.41) is 1.99. The minimum absolute atomic E-state index is 0.0140. The molecular weight excluding hydrogens is 364 g/mol. The molecule has 2 aliphatic rings. The first kappa shape index (κ1) is 17.6. The molecule has 4 rings (SSSR count). The Kier molecular flexibility index (Phi) is 4.85. The molecule has 2 aliphatic heterocycles. The lowest BCUT2D eigenvalue weighted by Gasteiger charge is -2.24. The first-order valence-corrected chi connectivity index (χ1v) is 9.65. The first-order valence-electron chi connectivity index (χ1n) is 8.78. The van der Waals surface area contributed by atoms with Crippen LogP contribution in [-0.2, 0) is 16.1 Å². The van der Waals surface area contributed by atoms with Crippen LogP contribution in [0.3, 0.4) is 0 Å². The lowest BCUT2D eigenvalue weighted by molar-refractivity contribution is -0.135.